The standard InChI is InChI=1S/C19H21NO6/c21-13(10-22-17-6-3-7-18-19(17)25-12-24-18)8-20-9-14-11-23-15-4-1-2-5-16(15)26-14/h1-7,13-14,20-21H,8-12H2. The van der Waals surface area contributed by atoms with Gasteiger partial charge in [0.05, 0.1) is 0 Å². The fraction of sp³-hybridized carbons (Fsp3) is 0.368. The smallest absolute Gasteiger partial charge is 0.231 e. The predicted octanol–water partition coefficient (Wildman–Crippen LogP) is 1.58. The Labute approximate surface area is 151 Å². The van der Waals surface area contributed by atoms with E-state index in [2.05, 4.69) is 5.32 Å². The topological polar surface area (TPSA) is 78.4 Å². The highest BCUT2D eigenvalue weighted by Crippen LogP contribution is 2.40. The van der Waals surface area contributed by atoms with Crippen LogP contribution in [0, 0.1) is 0 Å². The average Bonchev–Trinajstić information content (AvgIpc) is 3.15. The molecule has 138 valence electrons. The molecule has 7 nitrogen and oxygen atoms in total. The third-order valence-corrected chi connectivity index (χ3v) is 4.11. The molecule has 0 radical (unpaired) electrons. The molecule has 0 saturated heterocycles. The fourth-order valence-electron chi connectivity index (χ4n) is 2.84. The van der Waals surface area contributed by atoms with Gasteiger partial charge in [-0.2, -0.15) is 0 Å². The molecule has 0 aromatic heterocycles. The van der Waals surface area contributed by atoms with E-state index >= 15 is 0 Å². The number of aliphatic hydroxyl groups is 1. The molecule has 2 aliphatic rings. The first-order chi connectivity index (χ1) is 12.8. The predicted molar refractivity (Wildman–Crippen MR) is 93.3 cm³/mol. The number of rotatable bonds is 7. The molecule has 2 aromatic carbocycles. The van der Waals surface area contributed by atoms with Crippen molar-refractivity contribution in [2.75, 3.05) is 33.1 Å². The van der Waals surface area contributed by atoms with Crippen LogP contribution in [0.25, 0.3) is 0 Å². The molecule has 0 spiro atoms. The summed E-state index contributed by atoms with van der Waals surface area (Å²) in [6.45, 7) is 1.77. The Morgan fingerprint density at radius 2 is 1.88 bits per heavy atom. The number of nitrogens with one attached hydrogen (secondary N) is 1. The minimum atomic E-state index is -0.662. The van der Waals surface area contributed by atoms with E-state index in [4.69, 9.17) is 23.7 Å². The maximum absolute atomic E-state index is 10.1. The normalized spacial score (nSPS) is 18.4. The first kappa shape index (κ1) is 16.8. The van der Waals surface area contributed by atoms with Crippen LogP contribution in [0.2, 0.25) is 0 Å². The van der Waals surface area contributed by atoms with Gasteiger partial charge in [0, 0.05) is 13.1 Å². The summed E-state index contributed by atoms with van der Waals surface area (Å²) in [6.07, 6.45) is -0.758. The highest BCUT2D eigenvalue weighted by Gasteiger charge is 2.21. The van der Waals surface area contributed by atoms with Gasteiger partial charge in [0.25, 0.3) is 0 Å². The SMILES string of the molecule is OC(CNCC1COc2ccccc2O1)COc1cccc2c1OCO2. The van der Waals surface area contributed by atoms with Gasteiger partial charge in [-0.15, -0.1) is 0 Å². The zero-order chi connectivity index (χ0) is 17.8. The molecule has 0 bridgehead atoms. The van der Waals surface area contributed by atoms with Gasteiger partial charge in [-0.3, -0.25) is 0 Å². The monoisotopic (exact) mass is 359 g/mol. The number of hydrogen-bond acceptors (Lipinski definition) is 7. The Hall–Kier alpha value is -2.64. The lowest BCUT2D eigenvalue weighted by Gasteiger charge is -2.27. The molecule has 2 atom stereocenters. The second-order valence-electron chi connectivity index (χ2n) is 6.11. The Kier molecular flexibility index (Phi) is 4.99. The maximum Gasteiger partial charge on any atom is 0.231 e. The van der Waals surface area contributed by atoms with Crippen LogP contribution in [0.5, 0.6) is 28.7 Å². The van der Waals surface area contributed by atoms with E-state index in [1.165, 1.54) is 0 Å². The summed E-state index contributed by atoms with van der Waals surface area (Å²) in [5.41, 5.74) is 0. The minimum Gasteiger partial charge on any atom is -0.487 e. The highest BCUT2D eigenvalue weighted by atomic mass is 16.7. The van der Waals surface area contributed by atoms with Crippen LogP contribution < -0.4 is 29.0 Å². The molecule has 0 saturated carbocycles. The molecular weight excluding hydrogens is 338 g/mol. The molecular formula is C19H21NO6. The van der Waals surface area contributed by atoms with E-state index in [0.717, 1.165) is 11.5 Å². The minimum absolute atomic E-state index is 0.0963. The van der Waals surface area contributed by atoms with Crippen molar-refractivity contribution >= 4 is 0 Å². The van der Waals surface area contributed by atoms with Gasteiger partial charge in [0.15, 0.2) is 23.0 Å². The van der Waals surface area contributed by atoms with Crippen LogP contribution in [0.3, 0.4) is 0 Å². The molecule has 26 heavy (non-hydrogen) atoms. The van der Waals surface area contributed by atoms with E-state index in [9.17, 15) is 5.11 Å². The third kappa shape index (κ3) is 3.79. The van der Waals surface area contributed by atoms with Crippen LogP contribution in [0.4, 0.5) is 0 Å². The van der Waals surface area contributed by atoms with Crippen molar-refractivity contribution in [1.82, 2.24) is 5.32 Å². The maximum atomic E-state index is 10.1. The molecule has 0 amide bonds. The molecule has 2 heterocycles. The first-order valence-electron chi connectivity index (χ1n) is 8.58. The van der Waals surface area contributed by atoms with E-state index in [-0.39, 0.29) is 19.5 Å². The Bertz CT molecular complexity index is 753. The number of ether oxygens (including phenoxy) is 5. The van der Waals surface area contributed by atoms with Gasteiger partial charge in [-0.25, -0.2) is 0 Å². The zero-order valence-corrected chi connectivity index (χ0v) is 14.2. The zero-order valence-electron chi connectivity index (χ0n) is 14.2. The number of benzene rings is 2. The van der Waals surface area contributed by atoms with Crippen LogP contribution in [-0.2, 0) is 0 Å². The molecule has 2 aliphatic heterocycles. The lowest BCUT2D eigenvalue weighted by Crippen LogP contribution is -2.41. The Morgan fingerprint density at radius 3 is 2.81 bits per heavy atom. The van der Waals surface area contributed by atoms with Crippen molar-refractivity contribution in [3.63, 3.8) is 0 Å². The van der Waals surface area contributed by atoms with Crippen LogP contribution in [-0.4, -0.2) is 50.4 Å². The van der Waals surface area contributed by atoms with Crippen molar-refractivity contribution in [2.45, 2.75) is 12.2 Å². The summed E-state index contributed by atoms with van der Waals surface area (Å²) in [5.74, 6) is 3.32. The summed E-state index contributed by atoms with van der Waals surface area (Å²) in [6, 6.07) is 13.0. The fourth-order valence-corrected chi connectivity index (χ4v) is 2.84. The molecule has 4 rings (SSSR count). The second kappa shape index (κ2) is 7.72. The van der Waals surface area contributed by atoms with Crippen molar-refractivity contribution in [3.8, 4) is 28.7 Å². The summed E-state index contributed by atoms with van der Waals surface area (Å²) in [5, 5.41) is 13.3. The summed E-state index contributed by atoms with van der Waals surface area (Å²) < 4.78 is 27.9. The molecule has 2 N–H and O–H groups in total. The largest absolute Gasteiger partial charge is 0.487 e. The van der Waals surface area contributed by atoms with E-state index in [1.54, 1.807) is 6.07 Å². The van der Waals surface area contributed by atoms with E-state index in [0.29, 0.717) is 36.9 Å². The lowest BCUT2D eigenvalue weighted by atomic mass is 10.2. The van der Waals surface area contributed by atoms with Gasteiger partial charge >= 0.3 is 0 Å². The lowest BCUT2D eigenvalue weighted by molar-refractivity contribution is 0.0772. The van der Waals surface area contributed by atoms with Crippen molar-refractivity contribution in [2.24, 2.45) is 0 Å². The molecule has 0 fully saturated rings. The van der Waals surface area contributed by atoms with Crippen molar-refractivity contribution < 1.29 is 28.8 Å². The number of hydrogen-bond donors (Lipinski definition) is 2. The first-order valence-corrected chi connectivity index (χ1v) is 8.58. The Balaban J connectivity index is 1.19. The second-order valence-corrected chi connectivity index (χ2v) is 6.11. The number of aliphatic hydroxyl groups excluding tert-OH is 1. The van der Waals surface area contributed by atoms with Gasteiger partial charge in [-0.1, -0.05) is 18.2 Å². The third-order valence-electron chi connectivity index (χ3n) is 4.11. The Morgan fingerprint density at radius 1 is 1.04 bits per heavy atom. The molecule has 2 unspecified atom stereocenters. The molecule has 7 heteroatoms. The van der Waals surface area contributed by atoms with Crippen molar-refractivity contribution in [3.05, 3.63) is 42.5 Å². The van der Waals surface area contributed by atoms with Crippen LogP contribution in [0.1, 0.15) is 0 Å². The quantitative estimate of drug-likeness (QED) is 0.777. The highest BCUT2D eigenvalue weighted by molar-refractivity contribution is 5.52. The van der Waals surface area contributed by atoms with E-state index in [1.807, 2.05) is 36.4 Å². The summed E-state index contributed by atoms with van der Waals surface area (Å²) in [4.78, 5) is 0. The molecule has 0 aliphatic carbocycles. The van der Waals surface area contributed by atoms with Gasteiger partial charge in [-0.05, 0) is 24.3 Å². The van der Waals surface area contributed by atoms with Gasteiger partial charge in [0.2, 0.25) is 12.5 Å². The summed E-state index contributed by atoms with van der Waals surface area (Å²) in [7, 11) is 0. The van der Waals surface area contributed by atoms with Crippen molar-refractivity contribution in [1.29, 1.82) is 0 Å². The average molecular weight is 359 g/mol. The van der Waals surface area contributed by atoms with Gasteiger partial charge in [0.1, 0.15) is 25.4 Å². The number of para-hydroxylation sites is 3. The number of fused-ring (bicyclic) bond motifs is 2. The van der Waals surface area contributed by atoms with Gasteiger partial charge < -0.3 is 34.1 Å². The van der Waals surface area contributed by atoms with Crippen LogP contribution >= 0.6 is 0 Å². The van der Waals surface area contributed by atoms with E-state index < -0.39 is 6.10 Å². The summed E-state index contributed by atoms with van der Waals surface area (Å²) >= 11 is 0. The van der Waals surface area contributed by atoms with Crippen LogP contribution in [0.15, 0.2) is 42.5 Å². The molecule has 2 aromatic rings.